The lowest BCUT2D eigenvalue weighted by Crippen LogP contribution is -2.62. The number of phenols is 1. The van der Waals surface area contributed by atoms with E-state index in [9.17, 15) is 19.8 Å². The van der Waals surface area contributed by atoms with E-state index in [0.29, 0.717) is 31.2 Å². The number of aliphatic hydroxyl groups is 1. The second-order valence-corrected chi connectivity index (χ2v) is 7.44. The first-order chi connectivity index (χ1) is 11.3. The maximum absolute atomic E-state index is 12.3. The van der Waals surface area contributed by atoms with Gasteiger partial charge in [-0.25, -0.2) is 0 Å². The third kappa shape index (κ3) is 2.10. The molecule has 5 heteroatoms. The molecular weight excluding hydrogens is 306 g/mol. The fourth-order valence-corrected chi connectivity index (χ4v) is 5.06. The number of hydrogen-bond acceptors (Lipinski definition) is 4. The summed E-state index contributed by atoms with van der Waals surface area (Å²) in [6, 6.07) is 3.35. The molecule has 0 heterocycles. The Balaban J connectivity index is 2.33. The zero-order valence-electron chi connectivity index (χ0n) is 14.3. The minimum Gasteiger partial charge on any atom is -0.507 e. The van der Waals surface area contributed by atoms with Gasteiger partial charge < -0.3 is 15.9 Å². The molecule has 0 radical (unpaired) electrons. The second kappa shape index (κ2) is 5.59. The van der Waals surface area contributed by atoms with Crippen LogP contribution < -0.4 is 5.73 Å². The molecule has 0 aliphatic heterocycles. The number of primary amides is 1. The molecule has 130 valence electrons. The van der Waals surface area contributed by atoms with Crippen LogP contribution in [0.25, 0.3) is 0 Å². The van der Waals surface area contributed by atoms with Gasteiger partial charge in [-0.2, -0.15) is 0 Å². The van der Waals surface area contributed by atoms with Crippen molar-refractivity contribution in [2.24, 2.45) is 11.7 Å². The van der Waals surface area contributed by atoms with Gasteiger partial charge in [-0.1, -0.05) is 26.3 Å². The Kier molecular flexibility index (Phi) is 3.95. The van der Waals surface area contributed by atoms with Crippen LogP contribution in [0.15, 0.2) is 12.1 Å². The Morgan fingerprint density at radius 2 is 2.12 bits per heavy atom. The fourth-order valence-electron chi connectivity index (χ4n) is 5.06. The van der Waals surface area contributed by atoms with Gasteiger partial charge in [-0.15, -0.1) is 0 Å². The summed E-state index contributed by atoms with van der Waals surface area (Å²) in [5, 5.41) is 22.4. The van der Waals surface area contributed by atoms with E-state index in [1.807, 2.05) is 19.9 Å². The van der Waals surface area contributed by atoms with Crippen LogP contribution in [0.2, 0.25) is 0 Å². The van der Waals surface area contributed by atoms with Gasteiger partial charge in [-0.05, 0) is 36.8 Å². The molecule has 1 saturated carbocycles. The van der Waals surface area contributed by atoms with E-state index in [2.05, 4.69) is 0 Å². The first-order valence-electron chi connectivity index (χ1n) is 8.66. The van der Waals surface area contributed by atoms with E-state index in [4.69, 9.17) is 5.73 Å². The predicted molar refractivity (Wildman–Crippen MR) is 89.9 cm³/mol. The van der Waals surface area contributed by atoms with Gasteiger partial charge in [0, 0.05) is 23.8 Å². The van der Waals surface area contributed by atoms with Crippen LogP contribution in [0.3, 0.4) is 0 Å². The highest BCUT2D eigenvalue weighted by molar-refractivity contribution is 5.96. The molecule has 0 aromatic heterocycles. The van der Waals surface area contributed by atoms with Crippen molar-refractivity contribution in [3.8, 4) is 5.75 Å². The van der Waals surface area contributed by atoms with Gasteiger partial charge in [0.2, 0.25) is 0 Å². The summed E-state index contributed by atoms with van der Waals surface area (Å²) in [6.07, 6.45) is 2.91. The number of aromatic hydroxyl groups is 1. The SMILES string of the molecule is CCC[C@]12CC(=O)CC[C@@]1(O)[C@H](C)Cc1ccc(C(N)=O)c(O)c12. The molecule has 0 saturated heterocycles. The first kappa shape index (κ1) is 17.0. The Hall–Kier alpha value is -1.88. The lowest BCUT2D eigenvalue weighted by molar-refractivity contribution is -0.148. The van der Waals surface area contributed by atoms with E-state index in [1.165, 1.54) is 6.07 Å². The predicted octanol–water partition coefficient (Wildman–Crippen LogP) is 2.21. The number of ketones is 1. The van der Waals surface area contributed by atoms with Crippen molar-refractivity contribution in [1.29, 1.82) is 0 Å². The van der Waals surface area contributed by atoms with Crippen LogP contribution in [-0.4, -0.2) is 27.5 Å². The number of hydrogen-bond donors (Lipinski definition) is 3. The molecular formula is C19H25NO4. The second-order valence-electron chi connectivity index (χ2n) is 7.44. The van der Waals surface area contributed by atoms with Crippen molar-refractivity contribution in [2.45, 2.75) is 63.4 Å². The third-order valence-electron chi connectivity index (χ3n) is 6.14. The van der Waals surface area contributed by atoms with Gasteiger partial charge >= 0.3 is 0 Å². The van der Waals surface area contributed by atoms with Crippen LogP contribution in [-0.2, 0) is 16.6 Å². The van der Waals surface area contributed by atoms with Crippen molar-refractivity contribution in [2.75, 3.05) is 0 Å². The maximum Gasteiger partial charge on any atom is 0.252 e. The van der Waals surface area contributed by atoms with E-state index < -0.39 is 16.9 Å². The van der Waals surface area contributed by atoms with Crippen molar-refractivity contribution in [3.05, 3.63) is 28.8 Å². The van der Waals surface area contributed by atoms with E-state index >= 15 is 0 Å². The van der Waals surface area contributed by atoms with Gasteiger partial charge in [-0.3, -0.25) is 9.59 Å². The monoisotopic (exact) mass is 331 g/mol. The highest BCUT2D eigenvalue weighted by Gasteiger charge is 2.60. The molecule has 0 bridgehead atoms. The topological polar surface area (TPSA) is 101 Å². The number of carbonyl (C=O) groups excluding carboxylic acids is 2. The van der Waals surface area contributed by atoms with Crippen LogP contribution >= 0.6 is 0 Å². The van der Waals surface area contributed by atoms with Gasteiger partial charge in [0.1, 0.15) is 11.5 Å². The van der Waals surface area contributed by atoms with Gasteiger partial charge in [0.25, 0.3) is 5.91 Å². The summed E-state index contributed by atoms with van der Waals surface area (Å²) in [5.74, 6) is -0.791. The van der Waals surface area contributed by atoms with Crippen molar-refractivity contribution < 1.29 is 19.8 Å². The summed E-state index contributed by atoms with van der Waals surface area (Å²) in [4.78, 5) is 24.0. The molecule has 0 spiro atoms. The van der Waals surface area contributed by atoms with Crippen LogP contribution in [0.4, 0.5) is 0 Å². The average molecular weight is 331 g/mol. The minimum atomic E-state index is -1.06. The zero-order valence-corrected chi connectivity index (χ0v) is 14.3. The standard InChI is InChI=1S/C19H25NO4/c1-3-7-18-10-13(21)6-8-19(18,24)11(2)9-12-4-5-14(17(20)23)16(22)15(12)18/h4-5,11,22,24H,3,6-10H2,1-2H3,(H2,20,23)/t11-,18-,19-/m1/s1. The fraction of sp³-hybridized carbons (Fsp3) is 0.579. The summed E-state index contributed by atoms with van der Waals surface area (Å²) in [5.41, 5.74) is 5.01. The van der Waals surface area contributed by atoms with Crippen molar-refractivity contribution >= 4 is 11.7 Å². The molecule has 1 aromatic rings. The van der Waals surface area contributed by atoms with Crippen molar-refractivity contribution in [1.82, 2.24) is 0 Å². The number of fused-ring (bicyclic) bond motifs is 3. The average Bonchev–Trinajstić information content (AvgIpc) is 2.50. The molecule has 1 fully saturated rings. The van der Waals surface area contributed by atoms with E-state index in [0.717, 1.165) is 12.0 Å². The normalized spacial score (nSPS) is 32.1. The summed E-state index contributed by atoms with van der Waals surface area (Å²) in [7, 11) is 0. The number of carbonyl (C=O) groups is 2. The smallest absolute Gasteiger partial charge is 0.252 e. The number of amides is 1. The maximum atomic E-state index is 12.3. The third-order valence-corrected chi connectivity index (χ3v) is 6.14. The molecule has 2 aliphatic rings. The highest BCUT2D eigenvalue weighted by Crippen LogP contribution is 2.58. The van der Waals surface area contributed by atoms with Crippen LogP contribution in [0.5, 0.6) is 5.75 Å². The Bertz CT molecular complexity index is 714. The van der Waals surface area contributed by atoms with Crippen molar-refractivity contribution in [3.63, 3.8) is 0 Å². The molecule has 0 unspecified atom stereocenters. The molecule has 1 amide bonds. The van der Waals surface area contributed by atoms with Gasteiger partial charge in [0.15, 0.2) is 0 Å². The van der Waals surface area contributed by atoms with Gasteiger partial charge in [0.05, 0.1) is 11.2 Å². The molecule has 3 atom stereocenters. The van der Waals surface area contributed by atoms with E-state index in [1.54, 1.807) is 0 Å². The molecule has 24 heavy (non-hydrogen) atoms. The Morgan fingerprint density at radius 3 is 2.75 bits per heavy atom. The summed E-state index contributed by atoms with van der Waals surface area (Å²) < 4.78 is 0. The summed E-state index contributed by atoms with van der Waals surface area (Å²) >= 11 is 0. The Morgan fingerprint density at radius 1 is 1.42 bits per heavy atom. The van der Waals surface area contributed by atoms with Crippen LogP contribution in [0.1, 0.15) is 67.4 Å². The lowest BCUT2D eigenvalue weighted by Gasteiger charge is -2.57. The minimum absolute atomic E-state index is 0.0246. The summed E-state index contributed by atoms with van der Waals surface area (Å²) in [6.45, 7) is 4.00. The number of Topliss-reactive ketones (excluding diaryl/α,β-unsaturated/α-hetero) is 1. The molecule has 4 N–H and O–H groups in total. The first-order valence-corrected chi connectivity index (χ1v) is 8.66. The number of benzene rings is 1. The molecule has 5 nitrogen and oxygen atoms in total. The molecule has 2 aliphatic carbocycles. The molecule has 3 rings (SSSR count). The quantitative estimate of drug-likeness (QED) is 0.790. The van der Waals surface area contributed by atoms with E-state index in [-0.39, 0.29) is 29.4 Å². The largest absolute Gasteiger partial charge is 0.507 e. The molecule has 1 aromatic carbocycles. The Labute approximate surface area is 141 Å². The zero-order chi connectivity index (χ0) is 17.7. The number of nitrogens with two attached hydrogens (primary N) is 1. The highest BCUT2D eigenvalue weighted by atomic mass is 16.3. The number of rotatable bonds is 3. The lowest BCUT2D eigenvalue weighted by atomic mass is 9.49. The van der Waals surface area contributed by atoms with Crippen LogP contribution in [0, 0.1) is 5.92 Å².